The molecule has 1 saturated heterocycles. The normalized spacial score (nSPS) is 17.8. The van der Waals surface area contributed by atoms with Crippen molar-refractivity contribution in [3.63, 3.8) is 0 Å². The van der Waals surface area contributed by atoms with Crippen LogP contribution in [-0.2, 0) is 11.3 Å². The summed E-state index contributed by atoms with van der Waals surface area (Å²) in [5.41, 5.74) is 0.800. The lowest BCUT2D eigenvalue weighted by Gasteiger charge is -2.24. The van der Waals surface area contributed by atoms with Crippen molar-refractivity contribution in [3.05, 3.63) is 35.6 Å². The Morgan fingerprint density at radius 2 is 2.04 bits per heavy atom. The minimum absolute atomic E-state index is 0.0117. The number of carbonyl (C=O) groups is 2. The molecular formula is C19H29FN4O2. The number of benzene rings is 1. The molecule has 1 aliphatic rings. The summed E-state index contributed by atoms with van der Waals surface area (Å²) in [5.74, 6) is 0.148. The van der Waals surface area contributed by atoms with Crippen LogP contribution in [0.3, 0.4) is 0 Å². The van der Waals surface area contributed by atoms with Crippen molar-refractivity contribution in [1.82, 2.24) is 20.9 Å². The van der Waals surface area contributed by atoms with E-state index in [-0.39, 0.29) is 24.3 Å². The Bertz CT molecular complexity index is 594. The highest BCUT2D eigenvalue weighted by atomic mass is 19.1. The zero-order valence-corrected chi connectivity index (χ0v) is 15.6. The molecular weight excluding hydrogens is 335 g/mol. The first-order valence-electron chi connectivity index (χ1n) is 9.25. The summed E-state index contributed by atoms with van der Waals surface area (Å²) < 4.78 is 12.9. The third kappa shape index (κ3) is 5.98. The highest BCUT2D eigenvalue weighted by Gasteiger charge is 2.30. The van der Waals surface area contributed by atoms with Crippen LogP contribution >= 0.6 is 0 Å². The number of amides is 3. The predicted octanol–water partition coefficient (Wildman–Crippen LogP) is 1.86. The number of carbonyl (C=O) groups excluding carboxylic acids is 2. The molecule has 1 aliphatic heterocycles. The molecule has 0 aromatic heterocycles. The molecule has 2 unspecified atom stereocenters. The molecule has 1 aromatic carbocycles. The summed E-state index contributed by atoms with van der Waals surface area (Å²) in [5, 5.41) is 8.67. The molecule has 1 fully saturated rings. The van der Waals surface area contributed by atoms with Gasteiger partial charge in [-0.2, -0.15) is 0 Å². The van der Waals surface area contributed by atoms with Gasteiger partial charge >= 0.3 is 6.03 Å². The molecule has 6 nitrogen and oxygen atoms in total. The molecule has 1 heterocycles. The first-order valence-corrected chi connectivity index (χ1v) is 9.25. The van der Waals surface area contributed by atoms with Crippen LogP contribution in [0.1, 0.15) is 31.7 Å². The number of rotatable bonds is 8. The third-order valence-electron chi connectivity index (χ3n) is 4.64. The number of urea groups is 1. The van der Waals surface area contributed by atoms with E-state index in [0.717, 1.165) is 38.0 Å². The number of hydrogen-bond donors (Lipinski definition) is 3. The van der Waals surface area contributed by atoms with Crippen LogP contribution in [0.2, 0.25) is 0 Å². The zero-order chi connectivity index (χ0) is 18.9. The van der Waals surface area contributed by atoms with Crippen LogP contribution in [-0.4, -0.2) is 49.6 Å². The number of nitrogens with zero attached hydrogens (tertiary/aromatic N) is 1. The molecule has 2 rings (SSSR count). The summed E-state index contributed by atoms with van der Waals surface area (Å²) in [6.07, 6.45) is 2.40. The molecule has 0 bridgehead atoms. The first kappa shape index (κ1) is 20.2. The third-order valence-corrected chi connectivity index (χ3v) is 4.64. The number of halogens is 1. The van der Waals surface area contributed by atoms with Gasteiger partial charge in [-0.25, -0.2) is 9.18 Å². The van der Waals surface area contributed by atoms with Crippen molar-refractivity contribution in [2.75, 3.05) is 26.7 Å². The summed E-state index contributed by atoms with van der Waals surface area (Å²) in [6.45, 7) is 4.65. The lowest BCUT2D eigenvalue weighted by Crippen LogP contribution is -2.50. The average molecular weight is 364 g/mol. The van der Waals surface area contributed by atoms with Crippen molar-refractivity contribution >= 4 is 11.9 Å². The molecule has 0 aliphatic carbocycles. The number of likely N-dealkylation sites (tertiary alicyclic amines) is 1. The Morgan fingerprint density at radius 1 is 1.31 bits per heavy atom. The summed E-state index contributed by atoms with van der Waals surface area (Å²) in [6, 6.07) is 5.06. The largest absolute Gasteiger partial charge is 0.341 e. The molecule has 26 heavy (non-hydrogen) atoms. The Labute approximate surface area is 154 Å². The Kier molecular flexibility index (Phi) is 7.84. The van der Waals surface area contributed by atoms with Gasteiger partial charge in [-0.1, -0.05) is 25.5 Å². The molecule has 7 heteroatoms. The second-order valence-electron chi connectivity index (χ2n) is 6.79. The Balaban J connectivity index is 1.85. The Hall–Kier alpha value is -2.15. The lowest BCUT2D eigenvalue weighted by molar-refractivity contribution is -0.132. The van der Waals surface area contributed by atoms with E-state index in [2.05, 4.69) is 16.0 Å². The quantitative estimate of drug-likeness (QED) is 0.659. The second kappa shape index (κ2) is 10.1. The van der Waals surface area contributed by atoms with E-state index in [9.17, 15) is 14.0 Å². The van der Waals surface area contributed by atoms with E-state index in [0.29, 0.717) is 12.3 Å². The molecule has 3 amide bonds. The van der Waals surface area contributed by atoms with Gasteiger partial charge in [0.05, 0.1) is 0 Å². The monoisotopic (exact) mass is 364 g/mol. The highest BCUT2D eigenvalue weighted by Crippen LogP contribution is 2.17. The van der Waals surface area contributed by atoms with Gasteiger partial charge in [0.1, 0.15) is 11.9 Å². The van der Waals surface area contributed by atoms with Crippen LogP contribution in [0.5, 0.6) is 0 Å². The number of hydrogen-bond acceptors (Lipinski definition) is 3. The van der Waals surface area contributed by atoms with Gasteiger partial charge < -0.3 is 20.9 Å². The summed E-state index contributed by atoms with van der Waals surface area (Å²) in [7, 11) is 1.91. The van der Waals surface area contributed by atoms with E-state index >= 15 is 0 Å². The van der Waals surface area contributed by atoms with E-state index in [1.807, 2.05) is 18.9 Å². The maximum absolute atomic E-state index is 12.9. The van der Waals surface area contributed by atoms with E-state index in [1.165, 1.54) is 12.1 Å². The van der Waals surface area contributed by atoms with Crippen molar-refractivity contribution in [3.8, 4) is 0 Å². The van der Waals surface area contributed by atoms with Gasteiger partial charge in [0, 0.05) is 19.6 Å². The van der Waals surface area contributed by atoms with Crippen LogP contribution < -0.4 is 16.0 Å². The van der Waals surface area contributed by atoms with Crippen LogP contribution in [0, 0.1) is 11.7 Å². The van der Waals surface area contributed by atoms with E-state index < -0.39 is 6.04 Å². The molecule has 0 spiro atoms. The van der Waals surface area contributed by atoms with Gasteiger partial charge in [-0.15, -0.1) is 0 Å². The summed E-state index contributed by atoms with van der Waals surface area (Å²) in [4.78, 5) is 26.8. The second-order valence-corrected chi connectivity index (χ2v) is 6.79. The van der Waals surface area contributed by atoms with Gasteiger partial charge in [0.15, 0.2) is 0 Å². The van der Waals surface area contributed by atoms with Gasteiger partial charge in [-0.05, 0) is 50.0 Å². The van der Waals surface area contributed by atoms with Crippen LogP contribution in [0.25, 0.3) is 0 Å². The number of nitrogens with one attached hydrogen (secondary N) is 3. The fraction of sp³-hybridized carbons (Fsp3) is 0.579. The fourth-order valence-electron chi connectivity index (χ4n) is 3.25. The average Bonchev–Trinajstić information content (AvgIpc) is 3.09. The molecule has 0 radical (unpaired) electrons. The standard InChI is InChI=1S/C19H29FN4O2/c1-3-4-17(18(25)24-10-9-15(13-24)11-21-2)23-19(26)22-12-14-5-7-16(20)8-6-14/h5-8,15,17,21H,3-4,9-13H2,1-2H3,(H2,22,23,26). The minimum Gasteiger partial charge on any atom is -0.341 e. The topological polar surface area (TPSA) is 73.5 Å². The lowest BCUT2D eigenvalue weighted by atomic mass is 10.1. The smallest absolute Gasteiger partial charge is 0.315 e. The molecule has 0 saturated carbocycles. The van der Waals surface area contributed by atoms with Crippen LogP contribution in [0.15, 0.2) is 24.3 Å². The maximum Gasteiger partial charge on any atom is 0.315 e. The Morgan fingerprint density at radius 3 is 2.69 bits per heavy atom. The summed E-state index contributed by atoms with van der Waals surface area (Å²) >= 11 is 0. The van der Waals surface area contributed by atoms with Gasteiger partial charge in [0.25, 0.3) is 0 Å². The van der Waals surface area contributed by atoms with Crippen molar-refractivity contribution in [1.29, 1.82) is 0 Å². The molecule has 2 atom stereocenters. The first-order chi connectivity index (χ1) is 12.5. The van der Waals surface area contributed by atoms with Crippen molar-refractivity contribution in [2.45, 2.75) is 38.8 Å². The van der Waals surface area contributed by atoms with E-state index in [1.54, 1.807) is 12.1 Å². The predicted molar refractivity (Wildman–Crippen MR) is 99.1 cm³/mol. The van der Waals surface area contributed by atoms with E-state index in [4.69, 9.17) is 0 Å². The maximum atomic E-state index is 12.9. The molecule has 144 valence electrons. The zero-order valence-electron chi connectivity index (χ0n) is 15.6. The van der Waals surface area contributed by atoms with Gasteiger partial charge in [0.2, 0.25) is 5.91 Å². The van der Waals surface area contributed by atoms with Crippen molar-refractivity contribution in [2.24, 2.45) is 5.92 Å². The highest BCUT2D eigenvalue weighted by molar-refractivity contribution is 5.87. The molecule has 3 N–H and O–H groups in total. The van der Waals surface area contributed by atoms with Crippen molar-refractivity contribution < 1.29 is 14.0 Å². The SMILES string of the molecule is CCCC(NC(=O)NCc1ccc(F)cc1)C(=O)N1CCC(CNC)C1. The minimum atomic E-state index is -0.512. The van der Waals surface area contributed by atoms with Crippen LogP contribution in [0.4, 0.5) is 9.18 Å². The van der Waals surface area contributed by atoms with Gasteiger partial charge in [-0.3, -0.25) is 4.79 Å². The fourth-order valence-corrected chi connectivity index (χ4v) is 3.25. The molecule has 1 aromatic rings.